The van der Waals surface area contributed by atoms with Crippen molar-refractivity contribution in [2.24, 2.45) is 5.92 Å². The first kappa shape index (κ1) is 26.4. The first-order valence-electron chi connectivity index (χ1n) is 12.8. The summed E-state index contributed by atoms with van der Waals surface area (Å²) in [5, 5.41) is 3.62. The lowest BCUT2D eigenvalue weighted by molar-refractivity contribution is -0.116. The Labute approximate surface area is 225 Å². The van der Waals surface area contributed by atoms with Crippen LogP contribution in [0.1, 0.15) is 56.0 Å². The summed E-state index contributed by atoms with van der Waals surface area (Å²) in [5.41, 5.74) is 5.31. The molecule has 1 amide bonds. The second kappa shape index (κ2) is 10.9. The molecule has 1 aliphatic carbocycles. The highest BCUT2D eigenvalue weighted by Crippen LogP contribution is 2.48. The molecular weight excluding hydrogens is 508 g/mol. The Kier molecular flexibility index (Phi) is 7.59. The molecule has 6 nitrogen and oxygen atoms in total. The normalized spacial score (nSPS) is 18.1. The molecule has 1 fully saturated rings. The number of nitrogens with one attached hydrogen (secondary N) is 1. The summed E-state index contributed by atoms with van der Waals surface area (Å²) in [6.45, 7) is 6.35. The number of carbonyl (C=O) groups is 2. The van der Waals surface area contributed by atoms with Gasteiger partial charge in [0.25, 0.3) is 11.8 Å². The maximum absolute atomic E-state index is 13.1. The molecule has 1 aromatic heterocycles. The third kappa shape index (κ3) is 6.45. The van der Waals surface area contributed by atoms with Crippen molar-refractivity contribution in [3.05, 3.63) is 80.3 Å². The van der Waals surface area contributed by atoms with Gasteiger partial charge in [-0.1, -0.05) is 30.3 Å². The molecule has 2 heterocycles. The van der Waals surface area contributed by atoms with Gasteiger partial charge < -0.3 is 10.1 Å². The predicted octanol–water partition coefficient (Wildman–Crippen LogP) is 5.11. The zero-order valence-electron chi connectivity index (χ0n) is 21.6. The van der Waals surface area contributed by atoms with Crippen LogP contribution in [0.15, 0.2) is 42.5 Å². The molecule has 2 aromatic carbocycles. The van der Waals surface area contributed by atoms with Gasteiger partial charge in [-0.3, -0.25) is 14.5 Å². The quantitative estimate of drug-likeness (QED) is 0.388. The number of aromatic nitrogens is 1. The van der Waals surface area contributed by atoms with Crippen molar-refractivity contribution in [1.82, 2.24) is 15.2 Å². The standard InChI is InChI=1S/C29H31F2N3O3S/c1-18(35)11-26-33-19(2)27(38-26)28(36)32-14-20-3-5-21(6-4-20)15-34-10-9-22-12-25(8-7-23(22)16-34)37-17-24-13-29(24,30)31/h3-8,12,24H,9-11,13-17H2,1-2H3,(H,32,36). The number of benzene rings is 2. The zero-order chi connectivity index (χ0) is 26.9. The smallest absolute Gasteiger partial charge is 0.263 e. The SMILES string of the molecule is CC(=O)Cc1nc(C)c(C(=O)NCc2ccc(CN3CCc4cc(OCC5CC5(F)F)ccc4C3)cc2)s1. The fourth-order valence-corrected chi connectivity index (χ4v) is 5.75. The molecule has 1 aliphatic heterocycles. The molecule has 9 heteroatoms. The topological polar surface area (TPSA) is 71.5 Å². The van der Waals surface area contributed by atoms with Crippen molar-refractivity contribution in [3.63, 3.8) is 0 Å². The molecule has 1 unspecified atom stereocenters. The number of rotatable bonds is 10. The van der Waals surface area contributed by atoms with Gasteiger partial charge in [-0.15, -0.1) is 11.3 Å². The Morgan fingerprint density at radius 1 is 1.16 bits per heavy atom. The number of ketones is 1. The lowest BCUT2D eigenvalue weighted by Crippen LogP contribution is -2.30. The van der Waals surface area contributed by atoms with Crippen LogP contribution in [0.3, 0.4) is 0 Å². The molecular formula is C29H31F2N3O3S. The van der Waals surface area contributed by atoms with Crippen molar-refractivity contribution in [2.75, 3.05) is 13.2 Å². The summed E-state index contributed by atoms with van der Waals surface area (Å²) in [6, 6.07) is 14.1. The summed E-state index contributed by atoms with van der Waals surface area (Å²) in [4.78, 5) is 31.2. The number of amides is 1. The van der Waals surface area contributed by atoms with E-state index in [0.717, 1.165) is 31.6 Å². The largest absolute Gasteiger partial charge is 0.493 e. The van der Waals surface area contributed by atoms with E-state index < -0.39 is 11.8 Å². The second-order valence-corrected chi connectivity index (χ2v) is 11.3. The Balaban J connectivity index is 1.10. The Bertz CT molecular complexity index is 1340. The highest BCUT2D eigenvalue weighted by Gasteiger charge is 2.57. The van der Waals surface area contributed by atoms with Crippen LogP contribution in [0.25, 0.3) is 0 Å². The maximum atomic E-state index is 13.1. The van der Waals surface area contributed by atoms with Gasteiger partial charge in [0.2, 0.25) is 0 Å². The van der Waals surface area contributed by atoms with Crippen LogP contribution >= 0.6 is 11.3 Å². The van der Waals surface area contributed by atoms with E-state index in [1.54, 1.807) is 6.92 Å². The van der Waals surface area contributed by atoms with Crippen molar-refractivity contribution in [2.45, 2.75) is 58.7 Å². The lowest BCUT2D eigenvalue weighted by atomic mass is 9.99. The maximum Gasteiger partial charge on any atom is 0.263 e. The highest BCUT2D eigenvalue weighted by atomic mass is 32.1. The minimum absolute atomic E-state index is 0.0270. The fraction of sp³-hybridized carbons (Fsp3) is 0.414. The van der Waals surface area contributed by atoms with E-state index in [1.807, 2.05) is 30.3 Å². The molecule has 1 atom stereocenters. The predicted molar refractivity (Wildman–Crippen MR) is 142 cm³/mol. The van der Waals surface area contributed by atoms with Crippen molar-refractivity contribution in [3.8, 4) is 5.75 Å². The number of halogens is 2. The monoisotopic (exact) mass is 539 g/mol. The Morgan fingerprint density at radius 2 is 1.89 bits per heavy atom. The van der Waals surface area contributed by atoms with Crippen LogP contribution in [0.2, 0.25) is 0 Å². The van der Waals surface area contributed by atoms with Gasteiger partial charge in [-0.25, -0.2) is 13.8 Å². The highest BCUT2D eigenvalue weighted by molar-refractivity contribution is 7.13. The number of thiazole rings is 1. The number of Topliss-reactive ketones (excluding diaryl/α,β-unsaturated/α-hetero) is 1. The Morgan fingerprint density at radius 3 is 2.61 bits per heavy atom. The summed E-state index contributed by atoms with van der Waals surface area (Å²) >= 11 is 1.27. The summed E-state index contributed by atoms with van der Waals surface area (Å²) < 4.78 is 31.8. The zero-order valence-corrected chi connectivity index (χ0v) is 22.4. The first-order valence-corrected chi connectivity index (χ1v) is 13.6. The fourth-order valence-electron chi connectivity index (χ4n) is 4.69. The van der Waals surface area contributed by atoms with E-state index in [0.29, 0.717) is 27.9 Å². The Hall–Kier alpha value is -3.17. The molecule has 0 saturated heterocycles. The van der Waals surface area contributed by atoms with Crippen LogP contribution in [0.5, 0.6) is 5.75 Å². The number of ether oxygens (including phenoxy) is 1. The first-order chi connectivity index (χ1) is 18.2. The third-order valence-corrected chi connectivity index (χ3v) is 8.16. The van der Waals surface area contributed by atoms with Crippen LogP contribution < -0.4 is 10.1 Å². The van der Waals surface area contributed by atoms with Gasteiger partial charge in [-0.05, 0) is 54.7 Å². The van der Waals surface area contributed by atoms with Crippen molar-refractivity contribution >= 4 is 23.0 Å². The molecule has 5 rings (SSSR count). The van der Waals surface area contributed by atoms with E-state index >= 15 is 0 Å². The number of carbonyl (C=O) groups excluding carboxylic acids is 2. The van der Waals surface area contributed by atoms with Crippen LogP contribution in [0.4, 0.5) is 8.78 Å². The summed E-state index contributed by atoms with van der Waals surface area (Å²) in [5.74, 6) is -2.68. The average molecular weight is 540 g/mol. The van der Waals surface area contributed by atoms with Crippen LogP contribution in [-0.4, -0.2) is 40.6 Å². The minimum Gasteiger partial charge on any atom is -0.493 e. The molecule has 0 spiro atoms. The number of alkyl halides is 2. The van der Waals surface area contributed by atoms with Gasteiger partial charge >= 0.3 is 0 Å². The number of aryl methyl sites for hydroxylation is 1. The minimum atomic E-state index is -2.55. The van der Waals surface area contributed by atoms with E-state index in [2.05, 4.69) is 27.3 Å². The second-order valence-electron chi connectivity index (χ2n) is 10.3. The number of hydrogen-bond acceptors (Lipinski definition) is 6. The average Bonchev–Trinajstić information content (AvgIpc) is 3.33. The molecule has 1 N–H and O–H groups in total. The van der Waals surface area contributed by atoms with Crippen LogP contribution in [-0.2, 0) is 37.3 Å². The molecule has 2 aliphatic rings. The molecule has 200 valence electrons. The summed E-state index contributed by atoms with van der Waals surface area (Å²) in [7, 11) is 0. The third-order valence-electron chi connectivity index (χ3n) is 7.01. The number of hydrogen-bond donors (Lipinski definition) is 1. The van der Waals surface area contributed by atoms with Gasteiger partial charge in [0.15, 0.2) is 0 Å². The number of fused-ring (bicyclic) bond motifs is 1. The summed E-state index contributed by atoms with van der Waals surface area (Å²) in [6.07, 6.45) is 1.07. The molecule has 38 heavy (non-hydrogen) atoms. The van der Waals surface area contributed by atoms with E-state index in [4.69, 9.17) is 4.74 Å². The van der Waals surface area contributed by atoms with Gasteiger partial charge in [0.05, 0.1) is 24.6 Å². The van der Waals surface area contributed by atoms with E-state index in [-0.39, 0.29) is 31.1 Å². The van der Waals surface area contributed by atoms with E-state index in [9.17, 15) is 18.4 Å². The lowest BCUT2D eigenvalue weighted by Gasteiger charge is -2.29. The van der Waals surface area contributed by atoms with Crippen molar-refractivity contribution in [1.29, 1.82) is 0 Å². The van der Waals surface area contributed by atoms with Crippen LogP contribution in [0, 0.1) is 12.8 Å². The van der Waals surface area contributed by atoms with E-state index in [1.165, 1.54) is 35.0 Å². The van der Waals surface area contributed by atoms with Crippen molar-refractivity contribution < 1.29 is 23.1 Å². The molecule has 1 saturated carbocycles. The van der Waals surface area contributed by atoms with Gasteiger partial charge in [0, 0.05) is 32.6 Å². The number of nitrogens with zero attached hydrogens (tertiary/aromatic N) is 2. The van der Waals surface area contributed by atoms with Gasteiger partial charge in [-0.2, -0.15) is 0 Å². The molecule has 0 bridgehead atoms. The molecule has 3 aromatic rings. The molecule has 0 radical (unpaired) electrons. The van der Waals surface area contributed by atoms with Gasteiger partial charge in [0.1, 0.15) is 21.4 Å².